The molecule has 182 valence electrons. The first kappa shape index (κ1) is 28.5. The van der Waals surface area contributed by atoms with Gasteiger partial charge in [-0.25, -0.2) is 4.79 Å². The molecule has 3 amide bonds. The standard InChI is InChI=1S/C17H31N7O8/c1-8(25)13(16(31)32)24-15(30)10(3-2-6-21-17(19)20)23-11(26)7-22-14(29)9(18)4-5-12(27)28/h8-10,13,25H,2-7,18H2,1H3,(H,22,29)(H,23,26)(H,24,30)(H,27,28)(H,31,32)(H4,19,20,21). The van der Waals surface area contributed by atoms with E-state index < -0.39 is 60.4 Å². The Morgan fingerprint density at radius 1 is 1.00 bits per heavy atom. The Bertz CT molecular complexity index is 709. The molecular weight excluding hydrogens is 430 g/mol. The summed E-state index contributed by atoms with van der Waals surface area (Å²) in [6.07, 6.45) is -1.59. The fraction of sp³-hybridized carbons (Fsp3) is 0.647. The van der Waals surface area contributed by atoms with Crippen LogP contribution in [0.2, 0.25) is 0 Å². The molecule has 0 aliphatic heterocycles. The van der Waals surface area contributed by atoms with Gasteiger partial charge in [0.2, 0.25) is 17.7 Å². The smallest absolute Gasteiger partial charge is 0.328 e. The maximum Gasteiger partial charge on any atom is 0.328 e. The number of aliphatic hydroxyl groups is 1. The quantitative estimate of drug-likeness (QED) is 0.0640. The number of aliphatic imine (C=N–C) groups is 1. The summed E-state index contributed by atoms with van der Waals surface area (Å²) in [6, 6.07) is -3.96. The summed E-state index contributed by atoms with van der Waals surface area (Å²) < 4.78 is 0. The number of rotatable bonds is 15. The minimum Gasteiger partial charge on any atom is -0.481 e. The monoisotopic (exact) mass is 461 g/mol. The first-order valence-corrected chi connectivity index (χ1v) is 9.66. The van der Waals surface area contributed by atoms with Crippen LogP contribution in [0.25, 0.3) is 0 Å². The molecule has 0 spiro atoms. The number of carboxylic acids is 2. The van der Waals surface area contributed by atoms with Crippen molar-refractivity contribution in [3.05, 3.63) is 0 Å². The van der Waals surface area contributed by atoms with Crippen molar-refractivity contribution in [2.45, 2.75) is 56.8 Å². The third-order valence-corrected chi connectivity index (χ3v) is 4.07. The van der Waals surface area contributed by atoms with Crippen molar-refractivity contribution in [1.82, 2.24) is 16.0 Å². The van der Waals surface area contributed by atoms with E-state index in [1.165, 1.54) is 6.92 Å². The van der Waals surface area contributed by atoms with Crippen molar-refractivity contribution >= 4 is 35.6 Å². The lowest BCUT2D eigenvalue weighted by Gasteiger charge is -2.23. The van der Waals surface area contributed by atoms with E-state index in [9.17, 15) is 29.1 Å². The molecule has 0 rings (SSSR count). The summed E-state index contributed by atoms with van der Waals surface area (Å²) in [7, 11) is 0. The van der Waals surface area contributed by atoms with Gasteiger partial charge in [-0.1, -0.05) is 0 Å². The molecule has 0 aromatic heterocycles. The van der Waals surface area contributed by atoms with Crippen molar-refractivity contribution in [3.8, 4) is 0 Å². The number of nitrogens with one attached hydrogen (secondary N) is 3. The maximum absolute atomic E-state index is 12.5. The lowest BCUT2D eigenvalue weighted by atomic mass is 10.1. The fourth-order valence-corrected chi connectivity index (χ4v) is 2.37. The van der Waals surface area contributed by atoms with Crippen LogP contribution in [0, 0.1) is 0 Å². The Hall–Kier alpha value is -3.46. The van der Waals surface area contributed by atoms with Crippen molar-refractivity contribution in [2.75, 3.05) is 13.1 Å². The van der Waals surface area contributed by atoms with Crippen LogP contribution in [0.4, 0.5) is 0 Å². The first-order chi connectivity index (χ1) is 14.8. The van der Waals surface area contributed by atoms with Gasteiger partial charge < -0.3 is 48.5 Å². The molecule has 32 heavy (non-hydrogen) atoms. The Balaban J connectivity index is 4.98. The molecule has 0 saturated carbocycles. The molecule has 12 N–H and O–H groups in total. The third-order valence-electron chi connectivity index (χ3n) is 4.07. The van der Waals surface area contributed by atoms with Crippen molar-refractivity contribution in [3.63, 3.8) is 0 Å². The van der Waals surface area contributed by atoms with Crippen LogP contribution in [0.3, 0.4) is 0 Å². The first-order valence-electron chi connectivity index (χ1n) is 9.66. The average Bonchev–Trinajstić information content (AvgIpc) is 2.69. The Morgan fingerprint density at radius 2 is 1.62 bits per heavy atom. The van der Waals surface area contributed by atoms with Gasteiger partial charge >= 0.3 is 11.9 Å². The van der Waals surface area contributed by atoms with Gasteiger partial charge in [-0.2, -0.15) is 0 Å². The Labute approximate surface area is 183 Å². The maximum atomic E-state index is 12.5. The molecule has 15 heteroatoms. The number of carboxylic acid groups (broad SMARTS) is 2. The number of carbonyl (C=O) groups is 5. The Morgan fingerprint density at radius 3 is 2.12 bits per heavy atom. The van der Waals surface area contributed by atoms with Gasteiger partial charge in [0.1, 0.15) is 6.04 Å². The summed E-state index contributed by atoms with van der Waals surface area (Å²) in [6.45, 7) is 0.750. The lowest BCUT2D eigenvalue weighted by molar-refractivity contribution is -0.145. The molecule has 0 radical (unpaired) electrons. The second kappa shape index (κ2) is 14.5. The number of aliphatic hydroxyl groups excluding tert-OH is 1. The molecule has 4 atom stereocenters. The third kappa shape index (κ3) is 12.3. The number of carbonyl (C=O) groups excluding carboxylic acids is 3. The number of hydrogen-bond donors (Lipinski definition) is 9. The number of amides is 3. The lowest BCUT2D eigenvalue weighted by Crippen LogP contribution is -2.56. The summed E-state index contributed by atoms with van der Waals surface area (Å²) in [5.74, 6) is -5.18. The predicted octanol–water partition coefficient (Wildman–Crippen LogP) is -4.22. The molecule has 15 nitrogen and oxygen atoms in total. The fourth-order valence-electron chi connectivity index (χ4n) is 2.37. The summed E-state index contributed by atoms with van der Waals surface area (Å²) in [5.41, 5.74) is 16.0. The van der Waals surface area contributed by atoms with Gasteiger partial charge in [0.05, 0.1) is 18.7 Å². The largest absolute Gasteiger partial charge is 0.481 e. The van der Waals surface area contributed by atoms with Gasteiger partial charge in [0, 0.05) is 13.0 Å². The zero-order valence-electron chi connectivity index (χ0n) is 17.6. The van der Waals surface area contributed by atoms with Crippen molar-refractivity contribution < 1.29 is 39.3 Å². The van der Waals surface area contributed by atoms with Gasteiger partial charge in [-0.3, -0.25) is 24.2 Å². The molecule has 0 aliphatic carbocycles. The van der Waals surface area contributed by atoms with E-state index in [0.717, 1.165) is 0 Å². The van der Waals surface area contributed by atoms with E-state index in [4.69, 9.17) is 27.4 Å². The number of nitrogens with two attached hydrogens (primary N) is 3. The molecule has 4 unspecified atom stereocenters. The highest BCUT2D eigenvalue weighted by atomic mass is 16.4. The van der Waals surface area contributed by atoms with Crippen LogP contribution < -0.4 is 33.2 Å². The van der Waals surface area contributed by atoms with E-state index in [-0.39, 0.29) is 38.2 Å². The minimum atomic E-state index is -1.61. The highest BCUT2D eigenvalue weighted by Crippen LogP contribution is 2.02. The second-order valence-corrected chi connectivity index (χ2v) is 6.89. The molecule has 0 bridgehead atoms. The van der Waals surface area contributed by atoms with Crippen LogP contribution in [0.1, 0.15) is 32.6 Å². The molecular formula is C17H31N7O8. The zero-order valence-corrected chi connectivity index (χ0v) is 17.6. The van der Waals surface area contributed by atoms with Crippen molar-refractivity contribution in [2.24, 2.45) is 22.2 Å². The van der Waals surface area contributed by atoms with Gasteiger partial charge in [0.15, 0.2) is 12.0 Å². The van der Waals surface area contributed by atoms with E-state index in [0.29, 0.717) is 0 Å². The molecule has 0 fully saturated rings. The van der Waals surface area contributed by atoms with Gasteiger partial charge in [0.25, 0.3) is 0 Å². The molecule has 0 heterocycles. The van der Waals surface area contributed by atoms with Gasteiger partial charge in [-0.05, 0) is 26.2 Å². The number of guanidine groups is 1. The molecule has 0 aliphatic rings. The predicted molar refractivity (Wildman–Crippen MR) is 111 cm³/mol. The number of hydrogen-bond acceptors (Lipinski definition) is 8. The highest BCUT2D eigenvalue weighted by Gasteiger charge is 2.29. The van der Waals surface area contributed by atoms with Crippen LogP contribution in [-0.2, 0) is 24.0 Å². The normalized spacial score (nSPS) is 14.2. The number of aliphatic carboxylic acids is 2. The van der Waals surface area contributed by atoms with E-state index in [2.05, 4.69) is 20.9 Å². The number of nitrogens with zero attached hydrogens (tertiary/aromatic N) is 1. The molecule has 0 saturated heterocycles. The zero-order chi connectivity index (χ0) is 24.8. The Kier molecular flexibility index (Phi) is 13.0. The summed E-state index contributed by atoms with van der Waals surface area (Å²) >= 11 is 0. The molecule has 0 aromatic rings. The van der Waals surface area contributed by atoms with Crippen LogP contribution in [-0.4, -0.2) is 88.3 Å². The minimum absolute atomic E-state index is 0.0204. The SMILES string of the molecule is CC(O)C(NC(=O)C(CCCN=C(N)N)NC(=O)CNC(=O)C(N)CCC(=O)O)C(=O)O. The topological polar surface area (TPSA) is 273 Å². The van der Waals surface area contributed by atoms with E-state index in [1.807, 2.05) is 0 Å². The highest BCUT2D eigenvalue weighted by molar-refractivity contribution is 5.92. The van der Waals surface area contributed by atoms with Gasteiger partial charge in [-0.15, -0.1) is 0 Å². The summed E-state index contributed by atoms with van der Waals surface area (Å²) in [5, 5.41) is 33.9. The van der Waals surface area contributed by atoms with Crippen LogP contribution >= 0.6 is 0 Å². The molecule has 0 aromatic carbocycles. The second-order valence-electron chi connectivity index (χ2n) is 6.89. The van der Waals surface area contributed by atoms with E-state index in [1.54, 1.807) is 0 Å². The average molecular weight is 461 g/mol. The van der Waals surface area contributed by atoms with Crippen LogP contribution in [0.5, 0.6) is 0 Å². The van der Waals surface area contributed by atoms with E-state index >= 15 is 0 Å². The van der Waals surface area contributed by atoms with Crippen LogP contribution in [0.15, 0.2) is 4.99 Å². The summed E-state index contributed by atoms with van der Waals surface area (Å²) in [4.78, 5) is 61.9. The van der Waals surface area contributed by atoms with Crippen molar-refractivity contribution in [1.29, 1.82) is 0 Å².